The van der Waals surface area contributed by atoms with Crippen molar-refractivity contribution in [1.82, 2.24) is 9.55 Å². The maximum atomic E-state index is 11.6. The molecule has 0 saturated carbocycles. The molecule has 0 aliphatic heterocycles. The highest BCUT2D eigenvalue weighted by molar-refractivity contribution is 7.07. The first-order valence-corrected chi connectivity index (χ1v) is 6.74. The molecule has 0 bridgehead atoms. The van der Waals surface area contributed by atoms with Gasteiger partial charge in [-0.05, 0) is 19.9 Å². The molecule has 0 saturated heterocycles. The van der Waals surface area contributed by atoms with Crippen molar-refractivity contribution in [3.8, 4) is 0 Å². The molecule has 2 rings (SSSR count). The Balaban J connectivity index is 2.35. The van der Waals surface area contributed by atoms with Crippen LogP contribution in [0.15, 0.2) is 17.0 Å². The lowest BCUT2D eigenvalue weighted by atomic mass is 10.2. The van der Waals surface area contributed by atoms with Crippen LogP contribution in [0.4, 0.5) is 0 Å². The summed E-state index contributed by atoms with van der Waals surface area (Å²) >= 11 is 7.17. The lowest BCUT2D eigenvalue weighted by molar-refractivity contribution is 0.102. The maximum absolute atomic E-state index is 11.6. The minimum Gasteiger partial charge on any atom is -0.342 e. The maximum Gasteiger partial charge on any atom is 0.179 e. The SMILES string of the molecule is Cc1cc(C(=O)CCl)c(C)n1Cc1cscn1. The number of alkyl halides is 1. The Labute approximate surface area is 109 Å². The van der Waals surface area contributed by atoms with Gasteiger partial charge < -0.3 is 4.57 Å². The molecule has 0 aliphatic rings. The smallest absolute Gasteiger partial charge is 0.179 e. The van der Waals surface area contributed by atoms with Gasteiger partial charge in [0.1, 0.15) is 0 Å². The fourth-order valence-electron chi connectivity index (χ4n) is 1.88. The van der Waals surface area contributed by atoms with Gasteiger partial charge in [0.15, 0.2) is 5.78 Å². The second kappa shape index (κ2) is 5.02. The predicted molar refractivity (Wildman–Crippen MR) is 70.2 cm³/mol. The molecule has 0 aromatic carbocycles. The summed E-state index contributed by atoms with van der Waals surface area (Å²) in [6.45, 7) is 4.64. The van der Waals surface area contributed by atoms with Crippen LogP contribution in [0.3, 0.4) is 0 Å². The fraction of sp³-hybridized carbons (Fsp3) is 0.333. The summed E-state index contributed by atoms with van der Waals surface area (Å²) in [5.41, 5.74) is 5.56. The fourth-order valence-corrected chi connectivity index (χ4v) is 2.57. The number of ketones is 1. The third-order valence-corrected chi connectivity index (χ3v) is 3.68. The summed E-state index contributed by atoms with van der Waals surface area (Å²) in [6.07, 6.45) is 0. The molecule has 17 heavy (non-hydrogen) atoms. The number of aryl methyl sites for hydroxylation is 1. The Morgan fingerprint density at radius 1 is 1.53 bits per heavy atom. The van der Waals surface area contributed by atoms with E-state index < -0.39 is 0 Å². The van der Waals surface area contributed by atoms with Crippen LogP contribution in [0.2, 0.25) is 0 Å². The number of hydrogen-bond acceptors (Lipinski definition) is 3. The minimum absolute atomic E-state index is 0.0238. The lowest BCUT2D eigenvalue weighted by Crippen LogP contribution is -2.07. The molecule has 5 heteroatoms. The number of halogens is 1. The second-order valence-electron chi connectivity index (χ2n) is 3.91. The second-order valence-corrected chi connectivity index (χ2v) is 4.89. The van der Waals surface area contributed by atoms with Crippen molar-refractivity contribution < 1.29 is 4.79 Å². The largest absolute Gasteiger partial charge is 0.342 e. The molecule has 0 aliphatic carbocycles. The number of thiazole rings is 1. The highest BCUT2D eigenvalue weighted by atomic mass is 35.5. The number of rotatable bonds is 4. The first-order chi connectivity index (χ1) is 8.13. The van der Waals surface area contributed by atoms with Crippen LogP contribution in [0, 0.1) is 13.8 Å². The van der Waals surface area contributed by atoms with E-state index in [0.29, 0.717) is 12.1 Å². The molecule has 90 valence electrons. The summed E-state index contributed by atoms with van der Waals surface area (Å²) in [4.78, 5) is 15.9. The normalized spacial score (nSPS) is 10.8. The van der Waals surface area contributed by atoms with Gasteiger partial charge in [-0.25, -0.2) is 4.98 Å². The Kier molecular flexibility index (Phi) is 3.64. The van der Waals surface area contributed by atoms with Crippen LogP contribution in [0.5, 0.6) is 0 Å². The van der Waals surface area contributed by atoms with Crippen LogP contribution in [0.25, 0.3) is 0 Å². The van der Waals surface area contributed by atoms with Gasteiger partial charge in [-0.2, -0.15) is 0 Å². The quantitative estimate of drug-likeness (QED) is 0.631. The summed E-state index contributed by atoms with van der Waals surface area (Å²) in [7, 11) is 0. The average Bonchev–Trinajstić information content (AvgIpc) is 2.91. The molecule has 0 amide bonds. The van der Waals surface area contributed by atoms with E-state index in [-0.39, 0.29) is 11.7 Å². The van der Waals surface area contributed by atoms with E-state index in [1.165, 1.54) is 0 Å². The van der Waals surface area contributed by atoms with Gasteiger partial charge in [0.2, 0.25) is 0 Å². The van der Waals surface area contributed by atoms with Crippen molar-refractivity contribution in [1.29, 1.82) is 0 Å². The molecule has 2 aromatic heterocycles. The third kappa shape index (κ3) is 2.42. The summed E-state index contributed by atoms with van der Waals surface area (Å²) < 4.78 is 2.09. The van der Waals surface area contributed by atoms with E-state index in [0.717, 1.165) is 17.1 Å². The van der Waals surface area contributed by atoms with E-state index in [2.05, 4.69) is 9.55 Å². The zero-order valence-electron chi connectivity index (χ0n) is 9.74. The van der Waals surface area contributed by atoms with Gasteiger partial charge in [0.05, 0.1) is 23.6 Å². The Morgan fingerprint density at radius 3 is 2.88 bits per heavy atom. The van der Waals surface area contributed by atoms with E-state index in [1.54, 1.807) is 11.3 Å². The van der Waals surface area contributed by atoms with Crippen molar-refractivity contribution in [2.45, 2.75) is 20.4 Å². The molecule has 3 nitrogen and oxygen atoms in total. The number of carbonyl (C=O) groups excluding carboxylic acids is 1. The molecule has 0 spiro atoms. The van der Waals surface area contributed by atoms with Gasteiger partial charge in [0.25, 0.3) is 0 Å². The molecule has 0 unspecified atom stereocenters. The minimum atomic E-state index is -0.0238. The van der Waals surface area contributed by atoms with E-state index in [1.807, 2.05) is 30.8 Å². The third-order valence-electron chi connectivity index (χ3n) is 2.80. The first kappa shape index (κ1) is 12.3. The molecule has 0 radical (unpaired) electrons. The summed E-state index contributed by atoms with van der Waals surface area (Å²) in [5, 5.41) is 2.02. The van der Waals surface area contributed by atoms with Gasteiger partial charge >= 0.3 is 0 Å². The summed E-state index contributed by atoms with van der Waals surface area (Å²) in [5.74, 6) is 0.00496. The summed E-state index contributed by atoms with van der Waals surface area (Å²) in [6, 6.07) is 1.90. The number of nitrogens with zero attached hydrogens (tertiary/aromatic N) is 2. The van der Waals surface area contributed by atoms with E-state index >= 15 is 0 Å². The molecule has 2 aromatic rings. The standard InChI is InChI=1S/C12H13ClN2OS/c1-8-3-11(12(16)4-13)9(2)15(8)5-10-6-17-7-14-10/h3,6-7H,4-5H2,1-2H3. The van der Waals surface area contributed by atoms with Gasteiger partial charge in [-0.1, -0.05) is 0 Å². The van der Waals surface area contributed by atoms with Crippen LogP contribution >= 0.6 is 22.9 Å². The molecule has 2 heterocycles. The van der Waals surface area contributed by atoms with Crippen molar-refractivity contribution >= 4 is 28.7 Å². The molecule has 0 N–H and O–H groups in total. The highest BCUT2D eigenvalue weighted by Crippen LogP contribution is 2.18. The van der Waals surface area contributed by atoms with Crippen molar-refractivity contribution in [3.63, 3.8) is 0 Å². The molecular formula is C12H13ClN2OS. The topological polar surface area (TPSA) is 34.9 Å². The average molecular weight is 269 g/mol. The molecule has 0 fully saturated rings. The first-order valence-electron chi connectivity index (χ1n) is 5.26. The van der Waals surface area contributed by atoms with E-state index in [9.17, 15) is 4.79 Å². The van der Waals surface area contributed by atoms with Crippen LogP contribution in [-0.2, 0) is 6.54 Å². The predicted octanol–water partition coefficient (Wildman–Crippen LogP) is 3.03. The monoisotopic (exact) mass is 268 g/mol. The van der Waals surface area contributed by atoms with Crippen molar-refractivity contribution in [2.24, 2.45) is 0 Å². The van der Waals surface area contributed by atoms with E-state index in [4.69, 9.17) is 11.6 Å². The van der Waals surface area contributed by atoms with Crippen LogP contribution in [0.1, 0.15) is 27.4 Å². The number of carbonyl (C=O) groups is 1. The van der Waals surface area contributed by atoms with Gasteiger partial charge in [-0.15, -0.1) is 22.9 Å². The Morgan fingerprint density at radius 2 is 2.29 bits per heavy atom. The van der Waals surface area contributed by atoms with Crippen molar-refractivity contribution in [2.75, 3.05) is 5.88 Å². The van der Waals surface area contributed by atoms with Crippen LogP contribution in [-0.4, -0.2) is 21.2 Å². The number of Topliss-reactive ketones (excluding diaryl/α,β-unsaturated/α-hetero) is 1. The zero-order chi connectivity index (χ0) is 12.4. The number of aromatic nitrogens is 2. The van der Waals surface area contributed by atoms with Crippen molar-refractivity contribution in [3.05, 3.63) is 39.6 Å². The molecular weight excluding hydrogens is 256 g/mol. The lowest BCUT2D eigenvalue weighted by Gasteiger charge is -2.07. The zero-order valence-corrected chi connectivity index (χ0v) is 11.3. The van der Waals surface area contributed by atoms with Gasteiger partial charge in [0, 0.05) is 22.3 Å². The molecule has 0 atom stereocenters. The Hall–Kier alpha value is -1.13. The highest BCUT2D eigenvalue weighted by Gasteiger charge is 2.15. The number of hydrogen-bond donors (Lipinski definition) is 0. The Bertz CT molecular complexity index is 531. The van der Waals surface area contributed by atoms with Gasteiger partial charge in [-0.3, -0.25) is 4.79 Å². The van der Waals surface area contributed by atoms with Crippen LogP contribution < -0.4 is 0 Å².